The predicted molar refractivity (Wildman–Crippen MR) is 218 cm³/mol. The zero-order valence-electron chi connectivity index (χ0n) is 34.8. The Morgan fingerprint density at radius 2 is 1.63 bits per heavy atom. The van der Waals surface area contributed by atoms with Gasteiger partial charge in [-0.05, 0) is 94.3 Å². The van der Waals surface area contributed by atoms with Gasteiger partial charge in [-0.3, -0.25) is 14.4 Å². The van der Waals surface area contributed by atoms with E-state index in [0.717, 1.165) is 5.56 Å². The van der Waals surface area contributed by atoms with Crippen molar-refractivity contribution in [3.05, 3.63) is 82.9 Å². The summed E-state index contributed by atoms with van der Waals surface area (Å²) in [6.45, 7) is 8.63. The van der Waals surface area contributed by atoms with Gasteiger partial charge in [-0.2, -0.15) is 0 Å². The standard InChI is InChI=1S/C43H55N5O11/c1-25-20-28-21-31(36(25)57-8)30-23-29(17-18-34(30)56-7)35(38(50)45-26(2)37(49)46-33(22-28)40(52)53)48(6)39(51)32(16-12-13-19-44-41(54)59-43(3,4)5)47-42(55)58-24-27-14-10-9-11-15-27/h9-11,14-15,17-18,20-21,23,26,32-33,35H,12-13,16,19,22,24H2,1-8H3,(H,44,54)(H,45,50)(H,46,49)(H,47,55)(H,52,53)/t26-,32-,33-,35-/m0/s1. The highest BCUT2D eigenvalue weighted by Gasteiger charge is 2.36. The van der Waals surface area contributed by atoms with Crippen LogP contribution in [-0.2, 0) is 41.7 Å². The fraction of sp³-hybridized carbons (Fsp3) is 0.442. The number of rotatable bonds is 13. The molecular weight excluding hydrogens is 762 g/mol. The van der Waals surface area contributed by atoms with Crippen molar-refractivity contribution < 1.29 is 52.8 Å². The molecule has 4 atom stereocenters. The molecular formula is C43H55N5O11. The van der Waals surface area contributed by atoms with E-state index in [1.165, 1.54) is 33.1 Å². The third kappa shape index (κ3) is 12.6. The number of carboxylic acid groups (broad SMARTS) is 1. The van der Waals surface area contributed by atoms with Crippen molar-refractivity contribution in [2.45, 2.75) is 96.7 Å². The van der Waals surface area contributed by atoms with Crippen LogP contribution in [0.3, 0.4) is 0 Å². The number of benzene rings is 3. The summed E-state index contributed by atoms with van der Waals surface area (Å²) in [5.74, 6) is -2.57. The van der Waals surface area contributed by atoms with Gasteiger partial charge in [0.15, 0.2) is 0 Å². The number of aliphatic carboxylic acids is 1. The molecule has 0 saturated carbocycles. The van der Waals surface area contributed by atoms with Crippen LogP contribution in [-0.4, -0.2) is 97.4 Å². The van der Waals surface area contributed by atoms with Gasteiger partial charge in [-0.1, -0.05) is 42.5 Å². The number of fused-ring (bicyclic) bond motifs is 5. The fourth-order valence-electron chi connectivity index (χ4n) is 6.70. The van der Waals surface area contributed by atoms with Crippen molar-refractivity contribution in [3.63, 3.8) is 0 Å². The van der Waals surface area contributed by atoms with Gasteiger partial charge in [0.25, 0.3) is 0 Å². The fourth-order valence-corrected chi connectivity index (χ4v) is 6.70. The maximum absolute atomic E-state index is 14.6. The molecule has 5 amide bonds. The molecule has 0 radical (unpaired) electrons. The summed E-state index contributed by atoms with van der Waals surface area (Å²) in [5.41, 5.74) is 2.66. The highest BCUT2D eigenvalue weighted by Crippen LogP contribution is 2.41. The molecule has 4 bridgehead atoms. The lowest BCUT2D eigenvalue weighted by atomic mass is 9.92. The zero-order chi connectivity index (χ0) is 43.4. The molecule has 0 unspecified atom stereocenters. The van der Waals surface area contributed by atoms with Crippen LogP contribution in [0.25, 0.3) is 11.1 Å². The molecule has 1 aliphatic heterocycles. The van der Waals surface area contributed by atoms with Crippen molar-refractivity contribution in [1.82, 2.24) is 26.2 Å². The predicted octanol–water partition coefficient (Wildman–Crippen LogP) is 4.80. The number of alkyl carbamates (subject to hydrolysis) is 2. The first-order chi connectivity index (χ1) is 27.9. The third-order valence-corrected chi connectivity index (χ3v) is 9.55. The number of hydrogen-bond donors (Lipinski definition) is 5. The van der Waals surface area contributed by atoms with Crippen molar-refractivity contribution in [3.8, 4) is 22.6 Å². The van der Waals surface area contributed by atoms with Crippen LogP contribution in [0.4, 0.5) is 9.59 Å². The van der Waals surface area contributed by atoms with E-state index in [0.29, 0.717) is 52.2 Å². The minimum absolute atomic E-state index is 0.0598. The molecule has 1 aliphatic rings. The number of amides is 5. The van der Waals surface area contributed by atoms with E-state index in [1.54, 1.807) is 82.3 Å². The second-order valence-electron chi connectivity index (χ2n) is 15.3. The number of nitrogens with zero attached hydrogens (tertiary/aromatic N) is 1. The van der Waals surface area contributed by atoms with E-state index in [2.05, 4.69) is 21.3 Å². The molecule has 5 N–H and O–H groups in total. The Kier molecular flexibility index (Phi) is 15.7. The Balaban J connectivity index is 1.74. The van der Waals surface area contributed by atoms with E-state index >= 15 is 0 Å². The molecule has 16 nitrogen and oxygen atoms in total. The van der Waals surface area contributed by atoms with Crippen molar-refractivity contribution >= 4 is 35.9 Å². The minimum atomic E-state index is -1.38. The molecule has 0 aromatic heterocycles. The van der Waals surface area contributed by atoms with Gasteiger partial charge in [0.1, 0.15) is 47.9 Å². The summed E-state index contributed by atoms with van der Waals surface area (Å²) in [5, 5.41) is 20.6. The maximum Gasteiger partial charge on any atom is 0.408 e. The van der Waals surface area contributed by atoms with Gasteiger partial charge < -0.3 is 50.2 Å². The van der Waals surface area contributed by atoms with Crippen LogP contribution in [0.15, 0.2) is 60.7 Å². The molecule has 0 fully saturated rings. The molecule has 1 heterocycles. The van der Waals surface area contributed by atoms with E-state index in [4.69, 9.17) is 18.9 Å². The number of carbonyl (C=O) groups excluding carboxylic acids is 5. The lowest BCUT2D eigenvalue weighted by molar-refractivity contribution is -0.143. The number of nitrogens with one attached hydrogen (secondary N) is 4. The molecule has 0 spiro atoms. The maximum atomic E-state index is 14.6. The highest BCUT2D eigenvalue weighted by atomic mass is 16.6. The van der Waals surface area contributed by atoms with Crippen LogP contribution >= 0.6 is 0 Å². The van der Waals surface area contributed by atoms with Crippen molar-refractivity contribution in [1.29, 1.82) is 0 Å². The van der Waals surface area contributed by atoms with Crippen LogP contribution in [0.5, 0.6) is 11.5 Å². The first kappa shape index (κ1) is 45.4. The minimum Gasteiger partial charge on any atom is -0.496 e. The smallest absolute Gasteiger partial charge is 0.408 e. The topological polar surface area (TPSA) is 211 Å². The Hall–Kier alpha value is -6.32. The van der Waals surface area contributed by atoms with Gasteiger partial charge in [0.05, 0.1) is 14.2 Å². The SMILES string of the molecule is COc1ccc2cc1-c1cc(cc(C)c1OC)C[C@@H](C(=O)O)NC(=O)[C@H](C)NC(=O)[C@H]2N(C)C(=O)[C@H](CCCCNC(=O)OC(C)(C)C)NC(=O)OCc1ccccc1. The quantitative estimate of drug-likeness (QED) is 0.148. The van der Waals surface area contributed by atoms with Crippen LogP contribution in [0.1, 0.15) is 75.3 Å². The Morgan fingerprint density at radius 1 is 0.915 bits per heavy atom. The van der Waals surface area contributed by atoms with Gasteiger partial charge in [0, 0.05) is 31.1 Å². The number of carbonyl (C=O) groups is 6. The second kappa shape index (κ2) is 20.4. The van der Waals surface area contributed by atoms with Crippen molar-refractivity contribution in [2.24, 2.45) is 0 Å². The van der Waals surface area contributed by atoms with Crippen LogP contribution in [0.2, 0.25) is 0 Å². The Labute approximate surface area is 344 Å². The number of ether oxygens (including phenoxy) is 4. The molecule has 318 valence electrons. The second-order valence-corrected chi connectivity index (χ2v) is 15.3. The van der Waals surface area contributed by atoms with E-state index in [1.807, 2.05) is 6.07 Å². The molecule has 16 heteroatoms. The average molecular weight is 818 g/mol. The molecule has 0 aliphatic carbocycles. The summed E-state index contributed by atoms with van der Waals surface area (Å²) >= 11 is 0. The molecule has 0 saturated heterocycles. The molecule has 3 aromatic rings. The Morgan fingerprint density at radius 3 is 2.27 bits per heavy atom. The number of carboxylic acids is 1. The lowest BCUT2D eigenvalue weighted by Gasteiger charge is -2.32. The first-order valence-corrected chi connectivity index (χ1v) is 19.3. The van der Waals surface area contributed by atoms with Gasteiger partial charge in [0.2, 0.25) is 17.7 Å². The van der Waals surface area contributed by atoms with Crippen LogP contribution in [0, 0.1) is 6.92 Å². The first-order valence-electron chi connectivity index (χ1n) is 19.3. The Bertz CT molecular complexity index is 2000. The third-order valence-electron chi connectivity index (χ3n) is 9.55. The number of likely N-dealkylation sites (N-methyl/N-ethyl adjacent to an activating group) is 1. The van der Waals surface area contributed by atoms with E-state index in [9.17, 15) is 33.9 Å². The number of aryl methyl sites for hydroxylation is 1. The van der Waals surface area contributed by atoms with Gasteiger partial charge >= 0.3 is 18.2 Å². The number of hydrogen-bond acceptors (Lipinski definition) is 10. The van der Waals surface area contributed by atoms with Gasteiger partial charge in [-0.15, -0.1) is 0 Å². The monoisotopic (exact) mass is 817 g/mol. The van der Waals surface area contributed by atoms with E-state index in [-0.39, 0.29) is 26.0 Å². The molecule has 4 rings (SSSR count). The zero-order valence-corrected chi connectivity index (χ0v) is 34.8. The number of unbranched alkanes of at least 4 members (excludes halogenated alkanes) is 1. The van der Waals surface area contributed by atoms with Crippen molar-refractivity contribution in [2.75, 3.05) is 27.8 Å². The summed E-state index contributed by atoms with van der Waals surface area (Å²) in [7, 11) is 4.38. The van der Waals surface area contributed by atoms with Crippen LogP contribution < -0.4 is 30.7 Å². The van der Waals surface area contributed by atoms with E-state index < -0.39 is 65.6 Å². The average Bonchev–Trinajstić information content (AvgIpc) is 3.18. The summed E-state index contributed by atoms with van der Waals surface area (Å²) < 4.78 is 22.3. The molecule has 3 aromatic carbocycles. The number of methoxy groups -OCH3 is 2. The normalized spacial score (nSPS) is 17.2. The summed E-state index contributed by atoms with van der Waals surface area (Å²) in [6.07, 6.45) is -0.646. The highest BCUT2D eigenvalue weighted by molar-refractivity contribution is 5.95. The largest absolute Gasteiger partial charge is 0.496 e. The summed E-state index contributed by atoms with van der Waals surface area (Å²) in [4.78, 5) is 81.2. The molecule has 59 heavy (non-hydrogen) atoms. The van der Waals surface area contributed by atoms with Gasteiger partial charge in [-0.25, -0.2) is 14.4 Å². The summed E-state index contributed by atoms with van der Waals surface area (Å²) in [6, 6.07) is 12.3. The lowest BCUT2D eigenvalue weighted by Crippen LogP contribution is -2.54.